The average molecular weight is 854 g/mol. The molecule has 0 bridgehead atoms. The number of allylic oxidation sites excluding steroid dienone is 1. The number of nitrogens with zero attached hydrogens (tertiary/aromatic N) is 12. The fraction of sp³-hybridized carbons (Fsp3) is 0.378. The lowest BCUT2D eigenvalue weighted by atomic mass is 10.1. The summed E-state index contributed by atoms with van der Waals surface area (Å²) in [7, 11) is 5.29. The highest BCUT2D eigenvalue weighted by atomic mass is 16.5. The van der Waals surface area contributed by atoms with Crippen LogP contribution in [-0.2, 0) is 25.4 Å². The molecule has 1 saturated heterocycles. The number of carbonyl (C=O) groups is 1. The summed E-state index contributed by atoms with van der Waals surface area (Å²) in [5.41, 5.74) is 6.23. The van der Waals surface area contributed by atoms with Crippen molar-refractivity contribution in [2.24, 2.45) is 14.1 Å². The third-order valence-electron chi connectivity index (χ3n) is 11.3. The topological polar surface area (TPSA) is 194 Å². The first-order chi connectivity index (χ1) is 30.5. The van der Waals surface area contributed by atoms with E-state index in [1.165, 1.54) is 0 Å². The molecule has 0 saturated carbocycles. The molecule has 1 fully saturated rings. The molecular weight excluding hydrogens is 799 g/mol. The van der Waals surface area contributed by atoms with Crippen LogP contribution in [0.2, 0.25) is 0 Å². The fourth-order valence-electron chi connectivity index (χ4n) is 7.83. The van der Waals surface area contributed by atoms with Crippen molar-refractivity contribution in [3.05, 3.63) is 90.7 Å². The predicted octanol–water partition coefficient (Wildman–Crippen LogP) is 5.77. The zero-order chi connectivity index (χ0) is 44.2. The minimum atomic E-state index is -0.225. The molecule has 0 spiro atoms. The van der Waals surface area contributed by atoms with E-state index in [-0.39, 0.29) is 37.2 Å². The first kappa shape index (κ1) is 42.6. The van der Waals surface area contributed by atoms with E-state index in [1.54, 1.807) is 24.3 Å². The highest BCUT2D eigenvalue weighted by molar-refractivity contribution is 5.96. The van der Waals surface area contributed by atoms with E-state index in [0.717, 1.165) is 27.9 Å². The van der Waals surface area contributed by atoms with Gasteiger partial charge in [-0.3, -0.25) is 14.5 Å². The van der Waals surface area contributed by atoms with Gasteiger partial charge in [0.2, 0.25) is 17.8 Å². The summed E-state index contributed by atoms with van der Waals surface area (Å²) in [5.74, 6) is 2.42. The molecule has 7 aromatic rings. The van der Waals surface area contributed by atoms with Gasteiger partial charge in [0, 0.05) is 75.9 Å². The number of benzene rings is 1. The van der Waals surface area contributed by atoms with E-state index in [9.17, 15) is 9.90 Å². The number of nitrogens with one attached hydrogen (secondary N) is 3. The highest BCUT2D eigenvalue weighted by Gasteiger charge is 2.29. The number of hydrogen-bond acceptors (Lipinski definition) is 14. The van der Waals surface area contributed by atoms with Crippen LogP contribution in [-0.4, -0.2) is 105 Å². The van der Waals surface area contributed by atoms with Gasteiger partial charge in [0.25, 0.3) is 5.88 Å². The molecule has 0 aliphatic carbocycles. The van der Waals surface area contributed by atoms with Crippen LogP contribution in [0.3, 0.4) is 0 Å². The Kier molecular flexibility index (Phi) is 12.5. The van der Waals surface area contributed by atoms with Crippen LogP contribution in [0, 0.1) is 0 Å². The molecule has 1 aliphatic rings. The maximum absolute atomic E-state index is 14.4. The molecule has 18 heteroatoms. The van der Waals surface area contributed by atoms with Crippen LogP contribution in [0.25, 0.3) is 33.5 Å². The third-order valence-corrected chi connectivity index (χ3v) is 11.3. The molecule has 18 nitrogen and oxygen atoms in total. The molecule has 2 atom stereocenters. The molecule has 1 aliphatic heterocycles. The Morgan fingerprint density at radius 3 is 2.59 bits per heavy atom. The summed E-state index contributed by atoms with van der Waals surface area (Å²) in [4.78, 5) is 47.5. The SMILES string of the molecule is C/C=C(/CN(Cc1ccc(-c2ccccn2)cc1)c1nc(N[C@H](CC)CO)nc2c1ccn2C(C)C)C(=O)NC1CCN(c2nc(Nc3cn(C)nc3OC)c3ncn(C)c3n2)C1. The molecule has 1 unspecified atom stereocenters. The number of aryl methyl sites for hydroxylation is 2. The summed E-state index contributed by atoms with van der Waals surface area (Å²) < 4.78 is 11.1. The number of imidazole rings is 1. The molecule has 328 valence electrons. The van der Waals surface area contributed by atoms with Gasteiger partial charge in [-0.1, -0.05) is 43.3 Å². The van der Waals surface area contributed by atoms with Gasteiger partial charge in [-0.2, -0.15) is 19.9 Å². The van der Waals surface area contributed by atoms with E-state index in [4.69, 9.17) is 24.7 Å². The number of anilines is 5. The number of ether oxygens (including phenoxy) is 1. The van der Waals surface area contributed by atoms with Crippen LogP contribution >= 0.6 is 0 Å². The van der Waals surface area contributed by atoms with Gasteiger partial charge in [0.05, 0.1) is 43.4 Å². The van der Waals surface area contributed by atoms with Gasteiger partial charge in [0.15, 0.2) is 17.0 Å². The van der Waals surface area contributed by atoms with Crippen LogP contribution in [0.15, 0.2) is 85.1 Å². The van der Waals surface area contributed by atoms with Crippen molar-refractivity contribution in [2.45, 2.75) is 65.2 Å². The Labute approximate surface area is 366 Å². The summed E-state index contributed by atoms with van der Waals surface area (Å²) >= 11 is 0. The van der Waals surface area contributed by atoms with Crippen LogP contribution in [0.5, 0.6) is 5.88 Å². The smallest absolute Gasteiger partial charge is 0.256 e. The summed E-state index contributed by atoms with van der Waals surface area (Å²) in [6, 6.07) is 16.0. The van der Waals surface area contributed by atoms with Crippen molar-refractivity contribution in [2.75, 3.05) is 53.8 Å². The molecule has 6 aromatic heterocycles. The number of carbonyl (C=O) groups excluding carboxylic acids is 1. The number of aromatic nitrogens is 10. The second-order valence-electron chi connectivity index (χ2n) is 16.1. The maximum atomic E-state index is 14.4. The van der Waals surface area contributed by atoms with Crippen molar-refractivity contribution in [3.63, 3.8) is 0 Å². The van der Waals surface area contributed by atoms with Gasteiger partial charge in [-0.15, -0.1) is 5.10 Å². The molecule has 8 rings (SSSR count). The Balaban J connectivity index is 1.06. The Morgan fingerprint density at radius 1 is 1.05 bits per heavy atom. The lowest BCUT2D eigenvalue weighted by Gasteiger charge is -2.27. The lowest BCUT2D eigenvalue weighted by Crippen LogP contribution is -2.40. The number of methoxy groups -OCH3 is 1. The molecule has 4 N–H and O–H groups in total. The Hall–Kier alpha value is -7.08. The van der Waals surface area contributed by atoms with Crippen LogP contribution < -0.4 is 30.5 Å². The highest BCUT2D eigenvalue weighted by Crippen LogP contribution is 2.33. The minimum Gasteiger partial charge on any atom is -0.478 e. The summed E-state index contributed by atoms with van der Waals surface area (Å²) in [5, 5.41) is 25.4. The van der Waals surface area contributed by atoms with E-state index in [0.29, 0.717) is 84.3 Å². The normalized spacial score (nSPS) is 14.8. The van der Waals surface area contributed by atoms with Gasteiger partial charge in [-0.05, 0) is 57.4 Å². The second kappa shape index (κ2) is 18.5. The monoisotopic (exact) mass is 853 g/mol. The summed E-state index contributed by atoms with van der Waals surface area (Å²) in [6.45, 7) is 9.95. The first-order valence-electron chi connectivity index (χ1n) is 21.3. The van der Waals surface area contributed by atoms with Gasteiger partial charge in [0.1, 0.15) is 17.2 Å². The minimum absolute atomic E-state index is 0.0605. The zero-order valence-corrected chi connectivity index (χ0v) is 36.8. The van der Waals surface area contributed by atoms with Gasteiger partial charge < -0.3 is 44.7 Å². The predicted molar refractivity (Wildman–Crippen MR) is 245 cm³/mol. The van der Waals surface area contributed by atoms with E-state index >= 15 is 0 Å². The number of rotatable bonds is 17. The standard InChI is InChI=1S/C45H55N15O3/c1-8-30(42(62)48-33-17-20-58(24-33)45-51-38(37-41(54-45)56(5)27-47-37)50-36-25-57(6)55-43(36)63-7)23-59(22-29-13-15-31(16-14-29)35-12-10-11-19-46-35)39-34-18-21-60(28(3)4)40(34)53-44(52-39)49-32(9-2)26-61/h8,10-16,18-19,21,25,27-28,32-33,61H,9,17,20,22-24,26H2,1-7H3,(H,48,62)(H,49,52,53)(H,50,51,54)/b30-8-/t32-,33?/m1/s1. The van der Waals surface area contributed by atoms with Gasteiger partial charge >= 0.3 is 0 Å². The number of aliphatic hydroxyl groups is 1. The van der Waals surface area contributed by atoms with Crippen molar-refractivity contribution in [1.82, 2.24) is 54.1 Å². The summed E-state index contributed by atoms with van der Waals surface area (Å²) in [6.07, 6.45) is 10.6. The number of pyridine rings is 1. The fourth-order valence-corrected chi connectivity index (χ4v) is 7.83. The maximum Gasteiger partial charge on any atom is 0.256 e. The van der Waals surface area contributed by atoms with E-state index in [2.05, 4.69) is 83.5 Å². The number of aliphatic hydroxyl groups excluding tert-OH is 1. The van der Waals surface area contributed by atoms with Crippen LogP contribution in [0.4, 0.5) is 29.2 Å². The van der Waals surface area contributed by atoms with Gasteiger partial charge in [-0.25, -0.2) is 4.98 Å². The van der Waals surface area contributed by atoms with Crippen molar-refractivity contribution in [3.8, 4) is 17.1 Å². The van der Waals surface area contributed by atoms with Crippen molar-refractivity contribution in [1.29, 1.82) is 0 Å². The number of hydrogen-bond donors (Lipinski definition) is 4. The zero-order valence-electron chi connectivity index (χ0n) is 36.8. The van der Waals surface area contributed by atoms with E-state index in [1.807, 2.05) is 75.2 Å². The number of amides is 1. The third kappa shape index (κ3) is 9.11. The molecule has 7 heterocycles. The van der Waals surface area contributed by atoms with Crippen LogP contribution in [0.1, 0.15) is 52.1 Å². The largest absolute Gasteiger partial charge is 0.478 e. The molecule has 1 amide bonds. The Bertz CT molecular complexity index is 2720. The van der Waals surface area contributed by atoms with Crippen molar-refractivity contribution < 1.29 is 14.6 Å². The lowest BCUT2D eigenvalue weighted by molar-refractivity contribution is -0.118. The quantitative estimate of drug-likeness (QED) is 0.0807. The molecule has 0 radical (unpaired) electrons. The first-order valence-corrected chi connectivity index (χ1v) is 21.3. The van der Waals surface area contributed by atoms with E-state index < -0.39 is 0 Å². The van der Waals surface area contributed by atoms with Crippen molar-refractivity contribution >= 4 is 57.3 Å². The molecule has 1 aromatic carbocycles. The number of fused-ring (bicyclic) bond motifs is 2. The molecule has 63 heavy (non-hydrogen) atoms. The molecular formula is C45H55N15O3. The average Bonchev–Trinajstić information content (AvgIpc) is 4.11. The Morgan fingerprint density at radius 2 is 1.87 bits per heavy atom. The second-order valence-corrected chi connectivity index (χ2v) is 16.1.